The highest BCUT2D eigenvalue weighted by molar-refractivity contribution is 7.80. The van der Waals surface area contributed by atoms with Crippen molar-refractivity contribution in [2.24, 2.45) is 0 Å². The molecule has 2 atom stereocenters. The molecule has 3 N–H and O–H groups in total. The van der Waals surface area contributed by atoms with E-state index in [1.165, 1.54) is 6.92 Å². The molecule has 0 saturated carbocycles. The predicted molar refractivity (Wildman–Crippen MR) is 67.7 cm³/mol. The Bertz CT molecular complexity index is 297. The van der Waals surface area contributed by atoms with Crippen LogP contribution in [0.15, 0.2) is 0 Å². The number of carbonyl (C=O) groups is 3. The van der Waals surface area contributed by atoms with Crippen molar-refractivity contribution in [2.75, 3.05) is 12.3 Å². The summed E-state index contributed by atoms with van der Waals surface area (Å²) < 4.78 is 0. The van der Waals surface area contributed by atoms with Gasteiger partial charge in [0.25, 0.3) is 0 Å². The minimum atomic E-state index is -0.660. The first-order valence-electron chi connectivity index (χ1n) is 5.34. The molecule has 3 amide bonds. The van der Waals surface area contributed by atoms with E-state index in [0.29, 0.717) is 12.3 Å². The highest BCUT2D eigenvalue weighted by atomic mass is 32.1. The average molecular weight is 261 g/mol. The van der Waals surface area contributed by atoms with E-state index in [0.717, 1.165) is 0 Å². The van der Waals surface area contributed by atoms with Crippen molar-refractivity contribution in [1.29, 1.82) is 0 Å². The van der Waals surface area contributed by atoms with Gasteiger partial charge in [0.1, 0.15) is 12.1 Å². The molecule has 0 aromatic heterocycles. The van der Waals surface area contributed by atoms with Crippen LogP contribution in [-0.4, -0.2) is 42.1 Å². The Hall–Kier alpha value is -1.24. The van der Waals surface area contributed by atoms with Crippen LogP contribution in [0.1, 0.15) is 20.8 Å². The number of amides is 3. The molecule has 0 unspecified atom stereocenters. The summed E-state index contributed by atoms with van der Waals surface area (Å²) in [6.45, 7) is 4.90. The van der Waals surface area contributed by atoms with Crippen LogP contribution in [0.25, 0.3) is 0 Å². The Morgan fingerprint density at radius 1 is 1.06 bits per heavy atom. The first-order chi connectivity index (χ1) is 7.88. The summed E-state index contributed by atoms with van der Waals surface area (Å²) in [6, 6.07) is -1.30. The fourth-order valence-corrected chi connectivity index (χ4v) is 1.22. The number of hydrogen-bond acceptors (Lipinski definition) is 4. The van der Waals surface area contributed by atoms with Gasteiger partial charge in [-0.25, -0.2) is 0 Å². The molecule has 0 fully saturated rings. The molecule has 0 saturated heterocycles. The zero-order chi connectivity index (χ0) is 13.4. The fourth-order valence-electron chi connectivity index (χ4n) is 1.11. The first-order valence-corrected chi connectivity index (χ1v) is 5.97. The second kappa shape index (κ2) is 7.94. The van der Waals surface area contributed by atoms with Gasteiger partial charge in [0.05, 0.1) is 0 Å². The lowest BCUT2D eigenvalue weighted by atomic mass is 10.2. The van der Waals surface area contributed by atoms with E-state index in [1.54, 1.807) is 13.8 Å². The molecule has 6 nitrogen and oxygen atoms in total. The molecule has 17 heavy (non-hydrogen) atoms. The number of thiol groups is 1. The largest absolute Gasteiger partial charge is 0.354 e. The molecule has 0 heterocycles. The number of hydrogen-bond donors (Lipinski definition) is 4. The minimum Gasteiger partial charge on any atom is -0.354 e. The van der Waals surface area contributed by atoms with Crippen LogP contribution in [-0.2, 0) is 14.4 Å². The molecule has 0 aliphatic carbocycles. The lowest BCUT2D eigenvalue weighted by Gasteiger charge is -2.17. The van der Waals surface area contributed by atoms with Gasteiger partial charge in [-0.2, -0.15) is 12.6 Å². The molecule has 98 valence electrons. The van der Waals surface area contributed by atoms with Gasteiger partial charge in [-0.3, -0.25) is 14.4 Å². The van der Waals surface area contributed by atoms with Crippen molar-refractivity contribution in [3.8, 4) is 0 Å². The third-order valence-electron chi connectivity index (χ3n) is 1.98. The molecule has 0 bridgehead atoms. The van der Waals surface area contributed by atoms with Crippen LogP contribution in [0, 0.1) is 0 Å². The van der Waals surface area contributed by atoms with Gasteiger partial charge in [-0.1, -0.05) is 0 Å². The SMILES string of the molecule is CC(=O)N[C@@H](C)C(=O)N[C@@H](C)C(=O)NCCS. The summed E-state index contributed by atoms with van der Waals surface area (Å²) in [4.78, 5) is 33.7. The molecule has 0 aromatic carbocycles. The highest BCUT2D eigenvalue weighted by Gasteiger charge is 2.19. The van der Waals surface area contributed by atoms with E-state index < -0.39 is 18.0 Å². The van der Waals surface area contributed by atoms with E-state index in [1.807, 2.05) is 0 Å². The van der Waals surface area contributed by atoms with Gasteiger partial charge in [0, 0.05) is 19.2 Å². The van der Waals surface area contributed by atoms with Crippen LogP contribution in [0.5, 0.6) is 0 Å². The van der Waals surface area contributed by atoms with Crippen molar-refractivity contribution in [1.82, 2.24) is 16.0 Å². The maximum Gasteiger partial charge on any atom is 0.242 e. The van der Waals surface area contributed by atoms with Gasteiger partial charge < -0.3 is 16.0 Å². The number of rotatable bonds is 6. The lowest BCUT2D eigenvalue weighted by molar-refractivity contribution is -0.131. The van der Waals surface area contributed by atoms with Gasteiger partial charge in [-0.05, 0) is 13.8 Å². The molecule has 7 heteroatoms. The maximum absolute atomic E-state index is 11.5. The molecule has 0 radical (unpaired) electrons. The molecular weight excluding hydrogens is 242 g/mol. The molecule has 0 aliphatic rings. The summed E-state index contributed by atoms with van der Waals surface area (Å²) in [5.41, 5.74) is 0. The first kappa shape index (κ1) is 15.8. The van der Waals surface area contributed by atoms with Crippen LogP contribution >= 0.6 is 12.6 Å². The van der Waals surface area contributed by atoms with Crippen LogP contribution in [0.4, 0.5) is 0 Å². The van der Waals surface area contributed by atoms with E-state index in [9.17, 15) is 14.4 Å². The van der Waals surface area contributed by atoms with E-state index in [4.69, 9.17) is 0 Å². The minimum absolute atomic E-state index is 0.276. The Morgan fingerprint density at radius 3 is 2.06 bits per heavy atom. The average Bonchev–Trinajstić information content (AvgIpc) is 2.24. The fraction of sp³-hybridized carbons (Fsp3) is 0.700. The summed E-state index contributed by atoms with van der Waals surface area (Å²) in [6.07, 6.45) is 0. The van der Waals surface area contributed by atoms with Gasteiger partial charge >= 0.3 is 0 Å². The van der Waals surface area contributed by atoms with Gasteiger partial charge in [-0.15, -0.1) is 0 Å². The standard InChI is InChI=1S/C10H19N3O3S/c1-6(9(15)11-4-5-17)13-10(16)7(2)12-8(3)14/h6-7,17H,4-5H2,1-3H3,(H,11,15)(H,12,14)(H,13,16)/t6-,7-/m0/s1. The smallest absolute Gasteiger partial charge is 0.242 e. The van der Waals surface area contributed by atoms with Crippen LogP contribution < -0.4 is 16.0 Å². The van der Waals surface area contributed by atoms with E-state index in [-0.39, 0.29) is 11.8 Å². The number of nitrogens with one attached hydrogen (secondary N) is 3. The van der Waals surface area contributed by atoms with Gasteiger partial charge in [0.2, 0.25) is 17.7 Å². The Balaban J connectivity index is 4.10. The maximum atomic E-state index is 11.5. The summed E-state index contributed by atoms with van der Waals surface area (Å²) in [5, 5.41) is 7.54. The second-order valence-electron chi connectivity index (χ2n) is 3.67. The Kier molecular flexibility index (Phi) is 7.36. The molecule has 0 rings (SSSR count). The monoisotopic (exact) mass is 261 g/mol. The van der Waals surface area contributed by atoms with E-state index >= 15 is 0 Å². The Morgan fingerprint density at radius 2 is 1.59 bits per heavy atom. The quantitative estimate of drug-likeness (QED) is 0.466. The summed E-state index contributed by atoms with van der Waals surface area (Å²) in [5.74, 6) is -0.426. The Labute approximate surface area is 106 Å². The summed E-state index contributed by atoms with van der Waals surface area (Å²) in [7, 11) is 0. The molecular formula is C10H19N3O3S. The molecule has 0 spiro atoms. The topological polar surface area (TPSA) is 87.3 Å². The third-order valence-corrected chi connectivity index (χ3v) is 2.20. The number of carbonyl (C=O) groups excluding carboxylic acids is 3. The van der Waals surface area contributed by atoms with Crippen molar-refractivity contribution >= 4 is 30.4 Å². The van der Waals surface area contributed by atoms with Crippen molar-refractivity contribution in [2.45, 2.75) is 32.9 Å². The molecule has 0 aromatic rings. The van der Waals surface area contributed by atoms with Crippen molar-refractivity contribution in [3.05, 3.63) is 0 Å². The normalized spacial score (nSPS) is 13.4. The second-order valence-corrected chi connectivity index (χ2v) is 4.11. The third kappa shape index (κ3) is 6.83. The lowest BCUT2D eigenvalue weighted by Crippen LogP contribution is -2.51. The highest BCUT2D eigenvalue weighted by Crippen LogP contribution is 1.87. The van der Waals surface area contributed by atoms with Crippen LogP contribution in [0.2, 0.25) is 0 Å². The van der Waals surface area contributed by atoms with Crippen molar-refractivity contribution in [3.63, 3.8) is 0 Å². The van der Waals surface area contributed by atoms with Gasteiger partial charge in [0.15, 0.2) is 0 Å². The van der Waals surface area contributed by atoms with Crippen molar-refractivity contribution < 1.29 is 14.4 Å². The zero-order valence-corrected chi connectivity index (χ0v) is 11.1. The van der Waals surface area contributed by atoms with Crippen LogP contribution in [0.3, 0.4) is 0 Å². The summed E-state index contributed by atoms with van der Waals surface area (Å²) >= 11 is 3.95. The zero-order valence-electron chi connectivity index (χ0n) is 10.2. The van der Waals surface area contributed by atoms with E-state index in [2.05, 4.69) is 28.6 Å². The molecule has 0 aliphatic heterocycles. The predicted octanol–water partition coefficient (Wildman–Crippen LogP) is -0.938.